The fraction of sp³-hybridized carbons (Fsp3) is 0.350. The lowest BCUT2D eigenvalue weighted by molar-refractivity contribution is 0.0910. The molecule has 27 heavy (non-hydrogen) atoms. The van der Waals surface area contributed by atoms with E-state index in [-0.39, 0.29) is 18.0 Å². The van der Waals surface area contributed by atoms with Crippen LogP contribution in [0.1, 0.15) is 52.5 Å². The smallest absolute Gasteiger partial charge is 0.270 e. The van der Waals surface area contributed by atoms with Crippen molar-refractivity contribution >= 4 is 12.0 Å². The van der Waals surface area contributed by atoms with Crippen LogP contribution in [0.4, 0.5) is 0 Å². The molecule has 0 radical (unpaired) electrons. The van der Waals surface area contributed by atoms with Gasteiger partial charge in [0.1, 0.15) is 11.8 Å². The van der Waals surface area contributed by atoms with E-state index in [0.29, 0.717) is 28.8 Å². The summed E-state index contributed by atoms with van der Waals surface area (Å²) in [6.45, 7) is 3.72. The van der Waals surface area contributed by atoms with Crippen molar-refractivity contribution in [3.63, 3.8) is 0 Å². The summed E-state index contributed by atoms with van der Waals surface area (Å²) in [7, 11) is 0. The van der Waals surface area contributed by atoms with E-state index in [0.717, 1.165) is 24.8 Å². The van der Waals surface area contributed by atoms with Gasteiger partial charge in [-0.15, -0.1) is 0 Å². The van der Waals surface area contributed by atoms with Crippen LogP contribution < -0.4 is 16.2 Å². The van der Waals surface area contributed by atoms with E-state index in [9.17, 15) is 4.79 Å². The van der Waals surface area contributed by atoms with E-state index in [1.54, 1.807) is 24.7 Å². The quantitative estimate of drug-likeness (QED) is 0.770. The second-order valence-electron chi connectivity index (χ2n) is 7.05. The molecule has 0 bridgehead atoms. The second kappa shape index (κ2) is 7.35. The van der Waals surface area contributed by atoms with Crippen LogP contribution in [0.15, 0.2) is 41.9 Å². The first-order valence-electron chi connectivity index (χ1n) is 9.06. The van der Waals surface area contributed by atoms with Crippen molar-refractivity contribution in [3.05, 3.63) is 59.8 Å². The number of carbonyl (C=O) groups is 1. The molecule has 2 aliphatic rings. The summed E-state index contributed by atoms with van der Waals surface area (Å²) in [6.07, 6.45) is 9.16. The highest BCUT2D eigenvalue weighted by atomic mass is 16.3. The summed E-state index contributed by atoms with van der Waals surface area (Å²) >= 11 is 0. The summed E-state index contributed by atoms with van der Waals surface area (Å²) in [4.78, 5) is 16.9. The zero-order chi connectivity index (χ0) is 18.8. The topological polar surface area (TPSA) is 103 Å². The predicted molar refractivity (Wildman–Crippen MR) is 99.1 cm³/mol. The van der Waals surface area contributed by atoms with Gasteiger partial charge in [-0.2, -0.15) is 5.26 Å². The normalized spacial score (nSPS) is 26.8. The lowest BCUT2D eigenvalue weighted by atomic mass is 9.77. The second-order valence-corrected chi connectivity index (χ2v) is 7.05. The Kier molecular flexibility index (Phi) is 4.75. The van der Waals surface area contributed by atoms with Crippen LogP contribution in [0, 0.1) is 17.2 Å². The third kappa shape index (κ3) is 3.37. The number of furan rings is 1. The number of amides is 1. The van der Waals surface area contributed by atoms with Crippen molar-refractivity contribution in [1.82, 2.24) is 21.2 Å². The van der Waals surface area contributed by atoms with Crippen molar-refractivity contribution < 1.29 is 9.21 Å². The van der Waals surface area contributed by atoms with E-state index in [4.69, 9.17) is 9.68 Å². The van der Waals surface area contributed by atoms with Gasteiger partial charge in [0.05, 0.1) is 24.1 Å². The Balaban J connectivity index is 1.47. The van der Waals surface area contributed by atoms with E-state index in [1.165, 1.54) is 6.20 Å². The van der Waals surface area contributed by atoms with Crippen molar-refractivity contribution in [1.29, 1.82) is 5.26 Å². The molecule has 2 aromatic heterocycles. The van der Waals surface area contributed by atoms with Gasteiger partial charge in [0, 0.05) is 29.4 Å². The summed E-state index contributed by atoms with van der Waals surface area (Å²) in [5.74, 6) is 0.145. The van der Waals surface area contributed by atoms with Crippen molar-refractivity contribution in [2.24, 2.45) is 5.92 Å². The molecule has 1 saturated carbocycles. The highest BCUT2D eigenvalue weighted by Crippen LogP contribution is 2.38. The number of hydrazine groups is 1. The number of hydrogen-bond acceptors (Lipinski definition) is 6. The average molecular weight is 363 g/mol. The molecular weight excluding hydrogens is 342 g/mol. The number of aromatic nitrogens is 1. The van der Waals surface area contributed by atoms with E-state index in [2.05, 4.69) is 27.7 Å². The highest BCUT2D eigenvalue weighted by molar-refractivity contribution is 5.96. The molecular formula is C20H21N5O2. The van der Waals surface area contributed by atoms with Gasteiger partial charge in [-0.3, -0.25) is 10.2 Å². The van der Waals surface area contributed by atoms with E-state index < -0.39 is 0 Å². The molecule has 3 heterocycles. The third-order valence-electron chi connectivity index (χ3n) is 5.47. The standard InChI is InChI=1S/C20H21N5O2/c1-2-13-7-12(9-21)10-22-19(13)20(26)23-15-3-4-17-16(8-15)18(25-24-17)14-5-6-27-11-14/h2,5-7,10-11,15-18,24-25H,1,3-4,8H2,(H,23,26). The molecule has 1 aliphatic carbocycles. The number of nitrogens with zero attached hydrogens (tertiary/aromatic N) is 2. The third-order valence-corrected chi connectivity index (χ3v) is 5.47. The van der Waals surface area contributed by atoms with Crippen molar-refractivity contribution in [2.45, 2.75) is 37.4 Å². The highest BCUT2D eigenvalue weighted by Gasteiger charge is 2.41. The van der Waals surface area contributed by atoms with Crippen LogP contribution in [0.25, 0.3) is 6.08 Å². The van der Waals surface area contributed by atoms with Crippen LogP contribution in [-0.2, 0) is 0 Å². The number of rotatable bonds is 4. The zero-order valence-corrected chi connectivity index (χ0v) is 14.8. The number of nitrogens with one attached hydrogen (secondary N) is 3. The molecule has 3 N–H and O–H groups in total. The molecule has 0 aromatic carbocycles. The molecule has 1 saturated heterocycles. The van der Waals surface area contributed by atoms with Gasteiger partial charge in [0.15, 0.2) is 0 Å². The summed E-state index contributed by atoms with van der Waals surface area (Å²) in [6, 6.07) is 6.26. The van der Waals surface area contributed by atoms with Crippen molar-refractivity contribution in [2.75, 3.05) is 0 Å². The molecule has 4 unspecified atom stereocenters. The molecule has 7 nitrogen and oxygen atoms in total. The van der Waals surface area contributed by atoms with Gasteiger partial charge in [0.2, 0.25) is 0 Å². The van der Waals surface area contributed by atoms with E-state index in [1.807, 2.05) is 12.1 Å². The molecule has 0 spiro atoms. The molecule has 7 heteroatoms. The Hall–Kier alpha value is -2.95. The lowest BCUT2D eigenvalue weighted by Crippen LogP contribution is -2.44. The maximum absolute atomic E-state index is 12.7. The summed E-state index contributed by atoms with van der Waals surface area (Å²) in [5.41, 5.74) is 9.13. The van der Waals surface area contributed by atoms with Gasteiger partial charge >= 0.3 is 0 Å². The van der Waals surface area contributed by atoms with Crippen molar-refractivity contribution in [3.8, 4) is 6.07 Å². The van der Waals surface area contributed by atoms with Gasteiger partial charge in [-0.05, 0) is 37.3 Å². The van der Waals surface area contributed by atoms with Gasteiger partial charge in [0.25, 0.3) is 5.91 Å². The van der Waals surface area contributed by atoms with Crippen LogP contribution >= 0.6 is 0 Å². The molecule has 2 fully saturated rings. The van der Waals surface area contributed by atoms with Crippen LogP contribution in [-0.4, -0.2) is 23.0 Å². The van der Waals surface area contributed by atoms with Gasteiger partial charge < -0.3 is 9.73 Å². The Morgan fingerprint density at radius 2 is 2.33 bits per heavy atom. The monoisotopic (exact) mass is 363 g/mol. The maximum atomic E-state index is 12.7. The molecule has 4 rings (SSSR count). The minimum atomic E-state index is -0.225. The molecule has 4 atom stereocenters. The Morgan fingerprint density at radius 1 is 1.44 bits per heavy atom. The lowest BCUT2D eigenvalue weighted by Gasteiger charge is -2.33. The average Bonchev–Trinajstić information content (AvgIpc) is 3.36. The van der Waals surface area contributed by atoms with E-state index >= 15 is 0 Å². The zero-order valence-electron chi connectivity index (χ0n) is 14.8. The van der Waals surface area contributed by atoms with Crippen LogP contribution in [0.2, 0.25) is 0 Å². The summed E-state index contributed by atoms with van der Waals surface area (Å²) < 4.78 is 5.22. The fourth-order valence-corrected chi connectivity index (χ4v) is 4.11. The first-order chi connectivity index (χ1) is 13.2. The number of fused-ring (bicyclic) bond motifs is 1. The first-order valence-corrected chi connectivity index (χ1v) is 9.06. The van der Waals surface area contributed by atoms with Gasteiger partial charge in [-0.25, -0.2) is 10.4 Å². The number of pyridine rings is 1. The molecule has 2 aromatic rings. The summed E-state index contributed by atoms with van der Waals surface area (Å²) in [5, 5.41) is 12.1. The predicted octanol–water partition coefficient (Wildman–Crippen LogP) is 2.31. The minimum absolute atomic E-state index is 0.0740. The Bertz CT molecular complexity index is 886. The largest absolute Gasteiger partial charge is 0.472 e. The SMILES string of the molecule is C=Cc1cc(C#N)cnc1C(=O)NC1CCC2NNC(c3ccoc3)C2C1. The molecule has 1 aliphatic heterocycles. The van der Waals surface area contributed by atoms with Crippen LogP contribution in [0.3, 0.4) is 0 Å². The van der Waals surface area contributed by atoms with Crippen LogP contribution in [0.5, 0.6) is 0 Å². The number of nitriles is 1. The first kappa shape index (κ1) is 17.5. The Labute approximate surface area is 157 Å². The number of carbonyl (C=O) groups excluding carboxylic acids is 1. The number of hydrogen-bond donors (Lipinski definition) is 3. The molecule has 1 amide bonds. The Morgan fingerprint density at radius 3 is 3.07 bits per heavy atom. The van der Waals surface area contributed by atoms with Gasteiger partial charge in [-0.1, -0.05) is 12.7 Å². The minimum Gasteiger partial charge on any atom is -0.472 e. The fourth-order valence-electron chi connectivity index (χ4n) is 4.11. The maximum Gasteiger partial charge on any atom is 0.270 e. The molecule has 138 valence electrons.